The van der Waals surface area contributed by atoms with E-state index in [2.05, 4.69) is 10.0 Å². The fourth-order valence-corrected chi connectivity index (χ4v) is 3.95. The van der Waals surface area contributed by atoms with Gasteiger partial charge >= 0.3 is 0 Å². The van der Waals surface area contributed by atoms with Gasteiger partial charge in [0.1, 0.15) is 16.4 Å². The first-order valence-electron chi connectivity index (χ1n) is 8.11. The summed E-state index contributed by atoms with van der Waals surface area (Å²) in [6.45, 7) is 1.82. The van der Waals surface area contributed by atoms with E-state index >= 15 is 0 Å². The van der Waals surface area contributed by atoms with Crippen molar-refractivity contribution in [3.8, 4) is 11.5 Å². The van der Waals surface area contributed by atoms with Crippen molar-refractivity contribution in [2.24, 2.45) is 0 Å². The molecule has 0 aliphatic heterocycles. The lowest BCUT2D eigenvalue weighted by molar-refractivity contribution is 0.102. The smallest absolute Gasteiger partial charge is 0.255 e. The highest BCUT2D eigenvalue weighted by Crippen LogP contribution is 2.29. The van der Waals surface area contributed by atoms with Gasteiger partial charge in [-0.1, -0.05) is 6.07 Å². The molecule has 2 aromatic rings. The quantitative estimate of drug-likeness (QED) is 0.672. The molecule has 3 rings (SSSR count). The minimum Gasteiger partial charge on any atom is -0.506 e. The number of sulfonamides is 1. The minimum absolute atomic E-state index is 0.0601. The van der Waals surface area contributed by atoms with Crippen LogP contribution < -0.4 is 14.8 Å². The summed E-state index contributed by atoms with van der Waals surface area (Å²) in [5.74, 6) is -0.433. The van der Waals surface area contributed by atoms with E-state index in [1.54, 1.807) is 12.1 Å². The molecule has 0 spiro atoms. The van der Waals surface area contributed by atoms with Crippen LogP contribution in [0.25, 0.3) is 0 Å². The Bertz CT molecular complexity index is 952. The molecule has 1 amide bonds. The lowest BCUT2D eigenvalue weighted by Crippen LogP contribution is -2.26. The Balaban J connectivity index is 1.90. The SMILES string of the molecule is COc1ccc(C(=O)Nc2ccc(C)cc2O)cc1S(=O)(=O)NC1CC1. The maximum absolute atomic E-state index is 12.5. The molecular weight excluding hydrogens is 356 g/mol. The van der Waals surface area contributed by atoms with Gasteiger partial charge in [-0.2, -0.15) is 0 Å². The summed E-state index contributed by atoms with van der Waals surface area (Å²) in [6.07, 6.45) is 1.60. The van der Waals surface area contributed by atoms with E-state index < -0.39 is 15.9 Å². The number of methoxy groups -OCH3 is 1. The highest BCUT2D eigenvalue weighted by atomic mass is 32.2. The molecule has 3 N–H and O–H groups in total. The Kier molecular flexibility index (Phi) is 4.88. The molecule has 0 bridgehead atoms. The van der Waals surface area contributed by atoms with E-state index in [-0.39, 0.29) is 33.7 Å². The van der Waals surface area contributed by atoms with Crippen LogP contribution in [0.5, 0.6) is 11.5 Å². The Labute approximate surface area is 152 Å². The average molecular weight is 376 g/mol. The van der Waals surface area contributed by atoms with E-state index in [1.807, 2.05) is 6.92 Å². The lowest BCUT2D eigenvalue weighted by atomic mass is 10.1. The first-order valence-corrected chi connectivity index (χ1v) is 9.60. The highest BCUT2D eigenvalue weighted by molar-refractivity contribution is 7.89. The van der Waals surface area contributed by atoms with Gasteiger partial charge in [-0.25, -0.2) is 13.1 Å². The van der Waals surface area contributed by atoms with Crippen molar-refractivity contribution >= 4 is 21.6 Å². The predicted octanol–water partition coefficient (Wildman–Crippen LogP) is 2.40. The van der Waals surface area contributed by atoms with Crippen LogP contribution in [0.3, 0.4) is 0 Å². The number of hydrogen-bond acceptors (Lipinski definition) is 5. The summed E-state index contributed by atoms with van der Waals surface area (Å²) >= 11 is 0. The van der Waals surface area contributed by atoms with Gasteiger partial charge in [0.2, 0.25) is 10.0 Å². The molecule has 8 heteroatoms. The molecule has 0 radical (unpaired) electrons. The molecule has 0 unspecified atom stereocenters. The number of nitrogens with one attached hydrogen (secondary N) is 2. The van der Waals surface area contributed by atoms with Crippen LogP contribution in [0.4, 0.5) is 5.69 Å². The van der Waals surface area contributed by atoms with Crippen LogP contribution in [0, 0.1) is 6.92 Å². The van der Waals surface area contributed by atoms with Crippen LogP contribution in [-0.4, -0.2) is 32.6 Å². The van der Waals surface area contributed by atoms with Gasteiger partial charge in [0, 0.05) is 11.6 Å². The molecule has 0 saturated heterocycles. The number of carbonyl (C=O) groups excluding carboxylic acids is 1. The summed E-state index contributed by atoms with van der Waals surface area (Å²) in [7, 11) is -2.42. The molecule has 138 valence electrons. The molecule has 7 nitrogen and oxygen atoms in total. The highest BCUT2D eigenvalue weighted by Gasteiger charge is 2.30. The average Bonchev–Trinajstić information content (AvgIpc) is 3.40. The lowest BCUT2D eigenvalue weighted by Gasteiger charge is -2.13. The minimum atomic E-state index is -3.79. The molecule has 1 fully saturated rings. The number of aromatic hydroxyl groups is 1. The number of phenols is 1. The van der Waals surface area contributed by atoms with Gasteiger partial charge in [0.25, 0.3) is 5.91 Å². The number of anilines is 1. The number of aryl methyl sites for hydroxylation is 1. The Morgan fingerprint density at radius 3 is 2.54 bits per heavy atom. The molecule has 1 aliphatic carbocycles. The standard InChI is InChI=1S/C18H20N2O5S/c1-11-3-7-14(15(21)9-11)19-18(22)12-4-8-16(25-2)17(10-12)26(23,24)20-13-5-6-13/h3-4,7-10,13,20-21H,5-6H2,1-2H3,(H,19,22). The maximum Gasteiger partial charge on any atom is 0.255 e. The third-order valence-corrected chi connectivity index (χ3v) is 5.56. The van der Waals surface area contributed by atoms with Crippen LogP contribution in [-0.2, 0) is 10.0 Å². The number of ether oxygens (including phenoxy) is 1. The summed E-state index contributed by atoms with van der Waals surface area (Å²) in [6, 6.07) is 8.97. The van der Waals surface area contributed by atoms with Crippen LogP contribution >= 0.6 is 0 Å². The monoisotopic (exact) mass is 376 g/mol. The van der Waals surface area contributed by atoms with Gasteiger partial charge in [0.05, 0.1) is 12.8 Å². The number of benzene rings is 2. The Morgan fingerprint density at radius 1 is 1.19 bits per heavy atom. The number of hydrogen-bond donors (Lipinski definition) is 3. The second kappa shape index (κ2) is 6.97. The molecule has 0 aromatic heterocycles. The zero-order valence-electron chi connectivity index (χ0n) is 14.4. The molecule has 1 saturated carbocycles. The number of rotatable bonds is 6. The largest absolute Gasteiger partial charge is 0.506 e. The maximum atomic E-state index is 12.5. The van der Waals surface area contributed by atoms with Crippen molar-refractivity contribution in [3.63, 3.8) is 0 Å². The molecule has 1 aliphatic rings. The Morgan fingerprint density at radius 2 is 1.92 bits per heavy atom. The number of phenolic OH excluding ortho intramolecular Hbond substituents is 1. The first-order chi connectivity index (χ1) is 12.3. The predicted molar refractivity (Wildman–Crippen MR) is 97.1 cm³/mol. The summed E-state index contributed by atoms with van der Waals surface area (Å²) in [5.41, 5.74) is 1.24. The normalized spacial score (nSPS) is 14.1. The molecule has 26 heavy (non-hydrogen) atoms. The van der Waals surface area contributed by atoms with Gasteiger partial charge < -0.3 is 15.2 Å². The van der Waals surface area contributed by atoms with E-state index in [1.165, 1.54) is 31.4 Å². The fraction of sp³-hybridized carbons (Fsp3) is 0.278. The van der Waals surface area contributed by atoms with Crippen molar-refractivity contribution in [1.82, 2.24) is 4.72 Å². The molecule has 0 atom stereocenters. The second-order valence-electron chi connectivity index (χ2n) is 6.24. The first kappa shape index (κ1) is 18.2. The van der Waals surface area contributed by atoms with E-state index in [0.717, 1.165) is 18.4 Å². The summed E-state index contributed by atoms with van der Waals surface area (Å²) < 4.78 is 32.7. The van der Waals surface area contributed by atoms with Crippen molar-refractivity contribution in [3.05, 3.63) is 47.5 Å². The third kappa shape index (κ3) is 3.97. The summed E-state index contributed by atoms with van der Waals surface area (Å²) in [5, 5.41) is 12.5. The van der Waals surface area contributed by atoms with Crippen molar-refractivity contribution < 1.29 is 23.1 Å². The molecule has 0 heterocycles. The van der Waals surface area contributed by atoms with Gasteiger partial charge in [-0.15, -0.1) is 0 Å². The zero-order valence-corrected chi connectivity index (χ0v) is 15.3. The second-order valence-corrected chi connectivity index (χ2v) is 7.92. The van der Waals surface area contributed by atoms with Crippen molar-refractivity contribution in [2.45, 2.75) is 30.7 Å². The van der Waals surface area contributed by atoms with E-state index in [0.29, 0.717) is 0 Å². The molecular formula is C18H20N2O5S. The Hall–Kier alpha value is -2.58. The van der Waals surface area contributed by atoms with Gasteiger partial charge in [0.15, 0.2) is 0 Å². The molecule has 2 aromatic carbocycles. The third-order valence-electron chi connectivity index (χ3n) is 4.02. The van der Waals surface area contributed by atoms with Crippen LogP contribution in [0.15, 0.2) is 41.3 Å². The summed E-state index contributed by atoms with van der Waals surface area (Å²) in [4.78, 5) is 12.4. The van der Waals surface area contributed by atoms with Crippen molar-refractivity contribution in [2.75, 3.05) is 12.4 Å². The van der Waals surface area contributed by atoms with Crippen LogP contribution in [0.1, 0.15) is 28.8 Å². The fourth-order valence-electron chi connectivity index (χ4n) is 2.45. The zero-order chi connectivity index (χ0) is 18.9. The number of amides is 1. The van der Waals surface area contributed by atoms with E-state index in [9.17, 15) is 18.3 Å². The van der Waals surface area contributed by atoms with Gasteiger partial charge in [-0.05, 0) is 55.7 Å². The van der Waals surface area contributed by atoms with Gasteiger partial charge in [-0.3, -0.25) is 4.79 Å². The van der Waals surface area contributed by atoms with Crippen molar-refractivity contribution in [1.29, 1.82) is 0 Å². The number of carbonyl (C=O) groups is 1. The topological polar surface area (TPSA) is 105 Å². The van der Waals surface area contributed by atoms with E-state index in [4.69, 9.17) is 4.74 Å². The van der Waals surface area contributed by atoms with Crippen LogP contribution in [0.2, 0.25) is 0 Å².